The topological polar surface area (TPSA) is 42.1 Å². The predicted molar refractivity (Wildman–Crippen MR) is 72.3 cm³/mol. The van der Waals surface area contributed by atoms with E-state index in [1.54, 1.807) is 0 Å². The average Bonchev–Trinajstić information content (AvgIpc) is 2.65. The zero-order chi connectivity index (χ0) is 11.7. The standard InChI is InChI=1S/C13H15N3S/c14-12-8-13(17-15-12)16-7-3-6-10-4-1-2-5-11(10)9-16/h1-2,4-5,8H,3,6-7,9H2,(H2,14,15). The highest BCUT2D eigenvalue weighted by molar-refractivity contribution is 7.10. The number of hydrogen-bond acceptors (Lipinski definition) is 4. The van der Waals surface area contributed by atoms with Gasteiger partial charge in [-0.15, -0.1) is 0 Å². The summed E-state index contributed by atoms with van der Waals surface area (Å²) >= 11 is 1.49. The van der Waals surface area contributed by atoms with Crippen LogP contribution in [0.15, 0.2) is 30.3 Å². The van der Waals surface area contributed by atoms with Crippen LogP contribution < -0.4 is 10.6 Å². The lowest BCUT2D eigenvalue weighted by Crippen LogP contribution is -2.21. The lowest BCUT2D eigenvalue weighted by atomic mass is 10.0. The summed E-state index contributed by atoms with van der Waals surface area (Å²) in [6.45, 7) is 2.05. The van der Waals surface area contributed by atoms with E-state index >= 15 is 0 Å². The molecule has 0 atom stereocenters. The monoisotopic (exact) mass is 245 g/mol. The molecule has 3 rings (SSSR count). The van der Waals surface area contributed by atoms with Crippen molar-refractivity contribution in [3.05, 3.63) is 41.5 Å². The molecule has 1 aromatic heterocycles. The van der Waals surface area contributed by atoms with Gasteiger partial charge in [-0.3, -0.25) is 0 Å². The molecule has 0 bridgehead atoms. The molecule has 2 aromatic rings. The third-order valence-corrected chi connectivity index (χ3v) is 4.05. The van der Waals surface area contributed by atoms with Crippen molar-refractivity contribution in [3.63, 3.8) is 0 Å². The van der Waals surface area contributed by atoms with Crippen molar-refractivity contribution >= 4 is 22.4 Å². The first-order chi connectivity index (χ1) is 8.33. The molecule has 1 aliphatic rings. The van der Waals surface area contributed by atoms with Gasteiger partial charge in [0.05, 0.1) is 0 Å². The molecule has 2 N–H and O–H groups in total. The Bertz CT molecular complexity index is 521. The summed E-state index contributed by atoms with van der Waals surface area (Å²) in [6, 6.07) is 10.7. The smallest absolute Gasteiger partial charge is 0.139 e. The number of nitrogens with zero attached hydrogens (tertiary/aromatic N) is 2. The summed E-state index contributed by atoms with van der Waals surface area (Å²) in [5.41, 5.74) is 8.60. The molecular formula is C13H15N3S. The summed E-state index contributed by atoms with van der Waals surface area (Å²) in [6.07, 6.45) is 2.36. The molecule has 0 unspecified atom stereocenters. The van der Waals surface area contributed by atoms with Crippen molar-refractivity contribution in [1.29, 1.82) is 0 Å². The molecule has 2 heterocycles. The Morgan fingerprint density at radius 2 is 2.06 bits per heavy atom. The largest absolute Gasteiger partial charge is 0.383 e. The van der Waals surface area contributed by atoms with E-state index in [0.29, 0.717) is 5.82 Å². The summed E-state index contributed by atoms with van der Waals surface area (Å²) in [5, 5.41) is 1.18. The van der Waals surface area contributed by atoms with Crippen LogP contribution in [0.25, 0.3) is 0 Å². The molecule has 0 aliphatic carbocycles. The van der Waals surface area contributed by atoms with Gasteiger partial charge in [0.25, 0.3) is 0 Å². The number of aromatic nitrogens is 1. The van der Waals surface area contributed by atoms with Crippen molar-refractivity contribution in [2.75, 3.05) is 17.2 Å². The van der Waals surface area contributed by atoms with Gasteiger partial charge in [-0.1, -0.05) is 24.3 Å². The van der Waals surface area contributed by atoms with Gasteiger partial charge >= 0.3 is 0 Å². The van der Waals surface area contributed by atoms with Gasteiger partial charge in [0.2, 0.25) is 0 Å². The third-order valence-electron chi connectivity index (χ3n) is 3.18. The first-order valence-electron chi connectivity index (χ1n) is 5.87. The van der Waals surface area contributed by atoms with Crippen LogP contribution in [0.2, 0.25) is 0 Å². The molecule has 88 valence electrons. The highest BCUT2D eigenvalue weighted by Crippen LogP contribution is 2.28. The second-order valence-corrected chi connectivity index (χ2v) is 5.17. The number of nitrogens with two attached hydrogens (primary N) is 1. The van der Waals surface area contributed by atoms with Gasteiger partial charge < -0.3 is 10.6 Å². The zero-order valence-electron chi connectivity index (χ0n) is 9.60. The maximum absolute atomic E-state index is 5.69. The van der Waals surface area contributed by atoms with E-state index in [-0.39, 0.29) is 0 Å². The highest BCUT2D eigenvalue weighted by atomic mass is 32.1. The van der Waals surface area contributed by atoms with Crippen molar-refractivity contribution in [3.8, 4) is 0 Å². The van der Waals surface area contributed by atoms with Crippen LogP contribution in [0, 0.1) is 0 Å². The average molecular weight is 245 g/mol. The van der Waals surface area contributed by atoms with Crippen molar-refractivity contribution < 1.29 is 0 Å². The lowest BCUT2D eigenvalue weighted by Gasteiger charge is -2.20. The van der Waals surface area contributed by atoms with Crippen molar-refractivity contribution in [2.45, 2.75) is 19.4 Å². The Morgan fingerprint density at radius 1 is 1.24 bits per heavy atom. The number of nitrogen functional groups attached to an aromatic ring is 1. The molecule has 3 nitrogen and oxygen atoms in total. The number of anilines is 2. The Hall–Kier alpha value is -1.55. The van der Waals surface area contributed by atoms with Crippen LogP contribution in [-0.4, -0.2) is 10.9 Å². The Morgan fingerprint density at radius 3 is 2.82 bits per heavy atom. The summed E-state index contributed by atoms with van der Waals surface area (Å²) in [5.74, 6) is 0.627. The lowest BCUT2D eigenvalue weighted by molar-refractivity contribution is 0.772. The van der Waals surface area contributed by atoms with Gasteiger partial charge in [-0.2, -0.15) is 4.37 Å². The molecule has 4 heteroatoms. The molecule has 0 saturated heterocycles. The normalized spacial score (nSPS) is 15.4. The molecule has 0 fully saturated rings. The van der Waals surface area contributed by atoms with Crippen molar-refractivity contribution in [2.24, 2.45) is 0 Å². The highest BCUT2D eigenvalue weighted by Gasteiger charge is 2.15. The van der Waals surface area contributed by atoms with E-state index < -0.39 is 0 Å². The first-order valence-corrected chi connectivity index (χ1v) is 6.64. The maximum Gasteiger partial charge on any atom is 0.139 e. The van der Waals surface area contributed by atoms with E-state index in [2.05, 4.69) is 33.5 Å². The van der Waals surface area contributed by atoms with E-state index in [1.807, 2.05) is 6.07 Å². The number of rotatable bonds is 1. The van der Waals surface area contributed by atoms with Gasteiger partial charge in [0.1, 0.15) is 10.8 Å². The molecule has 17 heavy (non-hydrogen) atoms. The zero-order valence-corrected chi connectivity index (χ0v) is 10.4. The molecule has 0 radical (unpaired) electrons. The Kier molecular flexibility index (Phi) is 2.73. The Labute approximate surface area is 105 Å². The van der Waals surface area contributed by atoms with Crippen LogP contribution in [-0.2, 0) is 13.0 Å². The predicted octanol–water partition coefficient (Wildman–Crippen LogP) is 2.68. The summed E-state index contributed by atoms with van der Waals surface area (Å²) in [4.78, 5) is 2.37. The van der Waals surface area contributed by atoms with Crippen LogP contribution in [0.5, 0.6) is 0 Å². The molecule has 1 aliphatic heterocycles. The fraction of sp³-hybridized carbons (Fsp3) is 0.308. The molecule has 0 spiro atoms. The van der Waals surface area contributed by atoms with E-state index in [1.165, 1.54) is 40.5 Å². The number of hydrogen-bond donors (Lipinski definition) is 1. The SMILES string of the molecule is Nc1cc(N2CCCc3ccccc3C2)sn1. The van der Waals surface area contributed by atoms with Gasteiger partial charge in [0, 0.05) is 19.2 Å². The fourth-order valence-corrected chi connectivity index (χ4v) is 3.01. The van der Waals surface area contributed by atoms with E-state index in [9.17, 15) is 0 Å². The summed E-state index contributed by atoms with van der Waals surface area (Å²) < 4.78 is 4.16. The fourth-order valence-electron chi connectivity index (χ4n) is 2.32. The maximum atomic E-state index is 5.69. The van der Waals surface area contributed by atoms with Gasteiger partial charge in [-0.05, 0) is 35.5 Å². The molecule has 0 amide bonds. The second-order valence-electron chi connectivity index (χ2n) is 4.38. The minimum atomic E-state index is 0.627. The van der Waals surface area contributed by atoms with Gasteiger partial charge in [-0.25, -0.2) is 0 Å². The van der Waals surface area contributed by atoms with E-state index in [4.69, 9.17) is 5.73 Å². The minimum absolute atomic E-state index is 0.627. The molecule has 0 saturated carbocycles. The Balaban J connectivity index is 1.90. The molecule has 1 aromatic carbocycles. The van der Waals surface area contributed by atoms with Crippen molar-refractivity contribution in [1.82, 2.24) is 4.37 Å². The third kappa shape index (κ3) is 2.13. The van der Waals surface area contributed by atoms with Crippen LogP contribution in [0.4, 0.5) is 10.8 Å². The minimum Gasteiger partial charge on any atom is -0.383 e. The number of benzene rings is 1. The van der Waals surface area contributed by atoms with Gasteiger partial charge in [0.15, 0.2) is 0 Å². The van der Waals surface area contributed by atoms with Crippen LogP contribution in [0.3, 0.4) is 0 Å². The number of aryl methyl sites for hydroxylation is 1. The molecular weight excluding hydrogens is 230 g/mol. The van der Waals surface area contributed by atoms with Crippen LogP contribution in [0.1, 0.15) is 17.5 Å². The van der Waals surface area contributed by atoms with E-state index in [0.717, 1.165) is 13.1 Å². The van der Waals surface area contributed by atoms with Crippen LogP contribution >= 0.6 is 11.5 Å². The summed E-state index contributed by atoms with van der Waals surface area (Å²) in [7, 11) is 0. The number of fused-ring (bicyclic) bond motifs is 1. The second kappa shape index (κ2) is 4.37. The first kappa shape index (κ1) is 10.6. The quantitative estimate of drug-likeness (QED) is 0.840.